The third-order valence-corrected chi connectivity index (χ3v) is 3.25. The van der Waals surface area contributed by atoms with E-state index in [0.717, 1.165) is 31.8 Å². The van der Waals surface area contributed by atoms with E-state index in [0.29, 0.717) is 16.6 Å². The van der Waals surface area contributed by atoms with Gasteiger partial charge in [-0.2, -0.15) is 0 Å². The molecule has 0 aliphatic carbocycles. The zero-order valence-electron chi connectivity index (χ0n) is 9.53. The smallest absolute Gasteiger partial charge is 0.0824 e. The molecule has 1 saturated heterocycles. The van der Waals surface area contributed by atoms with Crippen molar-refractivity contribution in [2.75, 3.05) is 26.2 Å². The summed E-state index contributed by atoms with van der Waals surface area (Å²) in [7, 11) is 0. The van der Waals surface area contributed by atoms with Crippen LogP contribution in [0.2, 0.25) is 10.0 Å². The largest absolute Gasteiger partial charge is 0.374 e. The summed E-state index contributed by atoms with van der Waals surface area (Å²) in [4.78, 5) is 2.31. The minimum atomic E-state index is 0.137. The Morgan fingerprint density at radius 2 is 2.00 bits per heavy atom. The maximum absolute atomic E-state index is 5.98. The molecule has 1 aliphatic heterocycles. The van der Waals surface area contributed by atoms with Crippen molar-refractivity contribution in [2.45, 2.75) is 12.6 Å². The van der Waals surface area contributed by atoms with Crippen molar-refractivity contribution in [3.05, 3.63) is 33.8 Å². The zero-order chi connectivity index (χ0) is 12.3. The lowest BCUT2D eigenvalue weighted by Gasteiger charge is -2.32. The van der Waals surface area contributed by atoms with E-state index in [-0.39, 0.29) is 6.10 Å². The molecule has 0 radical (unpaired) electrons. The molecule has 0 saturated carbocycles. The Morgan fingerprint density at radius 1 is 1.29 bits per heavy atom. The van der Waals surface area contributed by atoms with Gasteiger partial charge in [-0.3, -0.25) is 4.90 Å². The van der Waals surface area contributed by atoms with Gasteiger partial charge in [0.05, 0.1) is 12.7 Å². The Labute approximate surface area is 111 Å². The van der Waals surface area contributed by atoms with E-state index >= 15 is 0 Å². The van der Waals surface area contributed by atoms with E-state index < -0.39 is 0 Å². The van der Waals surface area contributed by atoms with Gasteiger partial charge in [0.25, 0.3) is 0 Å². The minimum absolute atomic E-state index is 0.137. The highest BCUT2D eigenvalue weighted by Crippen LogP contribution is 2.20. The second-order valence-corrected chi connectivity index (χ2v) is 5.11. The molecule has 1 atom stereocenters. The summed E-state index contributed by atoms with van der Waals surface area (Å²) in [5, 5.41) is 1.35. The van der Waals surface area contributed by atoms with Gasteiger partial charge in [0.15, 0.2) is 0 Å². The Hall–Kier alpha value is -0.320. The fraction of sp³-hybridized carbons (Fsp3) is 0.500. The molecule has 0 spiro atoms. The molecule has 1 aliphatic rings. The quantitative estimate of drug-likeness (QED) is 0.918. The van der Waals surface area contributed by atoms with Gasteiger partial charge in [0.2, 0.25) is 0 Å². The molecule has 1 unspecified atom stereocenters. The second-order valence-electron chi connectivity index (χ2n) is 4.24. The number of nitrogens with two attached hydrogens (primary N) is 1. The van der Waals surface area contributed by atoms with Crippen LogP contribution >= 0.6 is 23.2 Å². The standard InChI is InChI=1S/C12H16Cl2N2O/c13-10-3-9(4-11(14)5-10)7-16-1-2-17-12(6-15)8-16/h3-5,12H,1-2,6-8,15H2. The summed E-state index contributed by atoms with van der Waals surface area (Å²) in [6.45, 7) is 3.91. The average Bonchev–Trinajstić information content (AvgIpc) is 2.28. The lowest BCUT2D eigenvalue weighted by atomic mass is 10.2. The first kappa shape index (κ1) is 13.1. The maximum atomic E-state index is 5.98. The van der Waals surface area contributed by atoms with Crippen molar-refractivity contribution in [2.24, 2.45) is 5.73 Å². The molecule has 17 heavy (non-hydrogen) atoms. The molecule has 5 heteroatoms. The van der Waals surface area contributed by atoms with Gasteiger partial charge in [0.1, 0.15) is 0 Å². The van der Waals surface area contributed by atoms with Crippen LogP contribution in [0, 0.1) is 0 Å². The normalized spacial score (nSPS) is 21.7. The topological polar surface area (TPSA) is 38.5 Å². The number of ether oxygens (including phenoxy) is 1. The van der Waals surface area contributed by atoms with Crippen LogP contribution < -0.4 is 5.73 Å². The summed E-state index contributed by atoms with van der Waals surface area (Å²) in [6.07, 6.45) is 0.137. The molecule has 1 aromatic rings. The number of rotatable bonds is 3. The van der Waals surface area contributed by atoms with E-state index in [4.69, 9.17) is 33.7 Å². The summed E-state index contributed by atoms with van der Waals surface area (Å²) >= 11 is 12.0. The molecular formula is C12H16Cl2N2O. The number of nitrogens with zero attached hydrogens (tertiary/aromatic N) is 1. The van der Waals surface area contributed by atoms with Crippen LogP contribution in [0.5, 0.6) is 0 Å². The Morgan fingerprint density at radius 3 is 2.65 bits per heavy atom. The summed E-state index contributed by atoms with van der Waals surface area (Å²) in [6, 6.07) is 5.63. The molecule has 0 amide bonds. The van der Waals surface area contributed by atoms with Gasteiger partial charge in [-0.25, -0.2) is 0 Å². The van der Waals surface area contributed by atoms with Crippen LogP contribution in [0.3, 0.4) is 0 Å². The van der Waals surface area contributed by atoms with Crippen LogP contribution in [0.1, 0.15) is 5.56 Å². The Balaban J connectivity index is 2.00. The molecule has 0 aromatic heterocycles. The molecule has 1 fully saturated rings. The first-order chi connectivity index (χ1) is 8.17. The predicted molar refractivity (Wildman–Crippen MR) is 70.5 cm³/mol. The molecule has 3 nitrogen and oxygen atoms in total. The minimum Gasteiger partial charge on any atom is -0.374 e. The van der Waals surface area contributed by atoms with E-state index in [9.17, 15) is 0 Å². The van der Waals surface area contributed by atoms with Crippen molar-refractivity contribution in [3.63, 3.8) is 0 Å². The first-order valence-electron chi connectivity index (χ1n) is 5.66. The highest BCUT2D eigenvalue weighted by atomic mass is 35.5. The van der Waals surface area contributed by atoms with Crippen molar-refractivity contribution < 1.29 is 4.74 Å². The van der Waals surface area contributed by atoms with Gasteiger partial charge in [-0.05, 0) is 23.8 Å². The van der Waals surface area contributed by atoms with Crippen molar-refractivity contribution in [1.82, 2.24) is 4.90 Å². The van der Waals surface area contributed by atoms with Gasteiger partial charge < -0.3 is 10.5 Å². The Kier molecular flexibility index (Phi) is 4.65. The van der Waals surface area contributed by atoms with E-state index in [2.05, 4.69) is 4.90 Å². The predicted octanol–water partition coefficient (Wildman–Crippen LogP) is 2.15. The third kappa shape index (κ3) is 3.83. The number of halogens is 2. The fourth-order valence-corrected chi connectivity index (χ4v) is 2.60. The fourth-order valence-electron chi connectivity index (χ4n) is 2.03. The summed E-state index contributed by atoms with van der Waals surface area (Å²) in [5.74, 6) is 0. The van der Waals surface area contributed by atoms with Crippen molar-refractivity contribution >= 4 is 23.2 Å². The first-order valence-corrected chi connectivity index (χ1v) is 6.42. The SMILES string of the molecule is NCC1CN(Cc2cc(Cl)cc(Cl)c2)CCO1. The summed E-state index contributed by atoms with van der Waals surface area (Å²) in [5.41, 5.74) is 6.74. The Bertz CT molecular complexity index is 367. The molecule has 0 bridgehead atoms. The van der Waals surface area contributed by atoms with Crippen LogP contribution in [0.25, 0.3) is 0 Å². The molecule has 94 valence electrons. The maximum Gasteiger partial charge on any atom is 0.0824 e. The average molecular weight is 275 g/mol. The van der Waals surface area contributed by atoms with Gasteiger partial charge in [-0.1, -0.05) is 23.2 Å². The molecule has 2 rings (SSSR count). The lowest BCUT2D eigenvalue weighted by molar-refractivity contribution is -0.0260. The number of hydrogen-bond acceptors (Lipinski definition) is 3. The van der Waals surface area contributed by atoms with E-state index in [1.165, 1.54) is 0 Å². The summed E-state index contributed by atoms with van der Waals surface area (Å²) < 4.78 is 5.52. The number of hydrogen-bond donors (Lipinski definition) is 1. The monoisotopic (exact) mass is 274 g/mol. The number of morpholine rings is 1. The third-order valence-electron chi connectivity index (χ3n) is 2.81. The van der Waals surface area contributed by atoms with Crippen LogP contribution in [-0.4, -0.2) is 37.2 Å². The highest BCUT2D eigenvalue weighted by Gasteiger charge is 2.19. The molecular weight excluding hydrogens is 259 g/mol. The van der Waals surface area contributed by atoms with E-state index in [1.807, 2.05) is 12.1 Å². The van der Waals surface area contributed by atoms with Crippen LogP contribution in [0.4, 0.5) is 0 Å². The highest BCUT2D eigenvalue weighted by molar-refractivity contribution is 6.34. The lowest BCUT2D eigenvalue weighted by Crippen LogP contribution is -2.45. The van der Waals surface area contributed by atoms with Gasteiger partial charge in [0, 0.05) is 36.2 Å². The molecule has 1 heterocycles. The van der Waals surface area contributed by atoms with E-state index in [1.54, 1.807) is 6.07 Å². The number of benzene rings is 1. The molecule has 1 aromatic carbocycles. The van der Waals surface area contributed by atoms with Crippen LogP contribution in [0.15, 0.2) is 18.2 Å². The molecule has 2 N–H and O–H groups in total. The second kappa shape index (κ2) is 6.03. The van der Waals surface area contributed by atoms with Crippen LogP contribution in [-0.2, 0) is 11.3 Å². The van der Waals surface area contributed by atoms with Crippen molar-refractivity contribution in [1.29, 1.82) is 0 Å². The van der Waals surface area contributed by atoms with Crippen molar-refractivity contribution in [3.8, 4) is 0 Å². The van der Waals surface area contributed by atoms with Gasteiger partial charge >= 0.3 is 0 Å². The zero-order valence-corrected chi connectivity index (χ0v) is 11.0. The van der Waals surface area contributed by atoms with Gasteiger partial charge in [-0.15, -0.1) is 0 Å².